The van der Waals surface area contributed by atoms with Crippen molar-refractivity contribution in [3.63, 3.8) is 0 Å². The molecule has 0 saturated heterocycles. The Hall–Kier alpha value is -2.94. The largest absolute Gasteiger partial charge is 0.339 e. The number of rotatable bonds is 2. The lowest BCUT2D eigenvalue weighted by Gasteiger charge is -2.26. The molecule has 2 aliphatic rings. The lowest BCUT2D eigenvalue weighted by Crippen LogP contribution is -2.43. The van der Waals surface area contributed by atoms with E-state index in [4.69, 9.17) is 0 Å². The van der Waals surface area contributed by atoms with E-state index in [1.165, 1.54) is 15.6 Å². The molecule has 2 aromatic rings. The minimum absolute atomic E-state index is 0.227. The molecule has 1 aromatic heterocycles. The highest BCUT2D eigenvalue weighted by Crippen LogP contribution is 2.30. The van der Waals surface area contributed by atoms with Gasteiger partial charge < -0.3 is 10.2 Å². The van der Waals surface area contributed by atoms with Gasteiger partial charge >= 0.3 is 5.69 Å². The summed E-state index contributed by atoms with van der Waals surface area (Å²) in [4.78, 5) is 27.5. The molecule has 1 saturated carbocycles. The molecule has 2 heterocycles. The Kier molecular flexibility index (Phi) is 4.31. The highest BCUT2D eigenvalue weighted by Gasteiger charge is 2.32. The number of aryl methyl sites for hydroxylation is 1. The van der Waals surface area contributed by atoms with E-state index in [1.54, 1.807) is 7.05 Å². The minimum atomic E-state index is -0.349. The lowest BCUT2D eigenvalue weighted by atomic mass is 9.85. The van der Waals surface area contributed by atoms with Crippen LogP contribution in [0.15, 0.2) is 33.9 Å². The van der Waals surface area contributed by atoms with Crippen molar-refractivity contribution in [2.75, 3.05) is 17.3 Å². The Morgan fingerprint density at radius 3 is 2.67 bits per heavy atom. The zero-order valence-electron chi connectivity index (χ0n) is 16.0. The molecule has 1 N–H and O–H groups in total. The first-order valence-electron chi connectivity index (χ1n) is 9.37. The Balaban J connectivity index is 1.69. The molecule has 6 nitrogen and oxygen atoms in total. The van der Waals surface area contributed by atoms with Gasteiger partial charge in [-0.2, -0.15) is 0 Å². The van der Waals surface area contributed by atoms with Gasteiger partial charge in [0, 0.05) is 26.2 Å². The minimum Gasteiger partial charge on any atom is -0.339 e. The van der Waals surface area contributed by atoms with Crippen LogP contribution >= 0.6 is 0 Å². The van der Waals surface area contributed by atoms with Crippen LogP contribution in [0.25, 0.3) is 0 Å². The quantitative estimate of drug-likeness (QED) is 0.827. The molecule has 0 amide bonds. The number of fused-ring (bicyclic) bond motifs is 1. The first-order valence-corrected chi connectivity index (χ1v) is 9.37. The second-order valence-corrected chi connectivity index (χ2v) is 7.55. The second kappa shape index (κ2) is 6.66. The first-order chi connectivity index (χ1) is 13.0. The van der Waals surface area contributed by atoms with Gasteiger partial charge in [-0.05, 0) is 43.4 Å². The molecular formula is C21H24N4O2. The summed E-state index contributed by atoms with van der Waals surface area (Å²) in [5.74, 6) is 7.32. The molecule has 1 aliphatic heterocycles. The maximum Gasteiger partial charge on any atom is 0.332 e. The van der Waals surface area contributed by atoms with E-state index in [-0.39, 0.29) is 17.4 Å². The van der Waals surface area contributed by atoms with Gasteiger partial charge in [-0.25, -0.2) is 4.79 Å². The van der Waals surface area contributed by atoms with Crippen LogP contribution in [0.2, 0.25) is 0 Å². The standard InChI is InChI=1S/C21H24N4O2/c1-14-6-4-7-15(12-14)10-11-17-22-19-18(23(17)2)20(26)25(21(27)24(19)3)13-16-8-5-9-16/h4,6-7,12,16-17,22H,5,8-9,13H2,1-3H3. The molecule has 27 heavy (non-hydrogen) atoms. The molecule has 140 valence electrons. The van der Waals surface area contributed by atoms with Crippen LogP contribution in [0, 0.1) is 24.7 Å². The number of nitrogens with zero attached hydrogens (tertiary/aromatic N) is 3. The summed E-state index contributed by atoms with van der Waals surface area (Å²) in [7, 11) is 3.54. The van der Waals surface area contributed by atoms with Crippen LogP contribution in [0.5, 0.6) is 0 Å². The summed E-state index contributed by atoms with van der Waals surface area (Å²) < 4.78 is 2.91. The topological polar surface area (TPSA) is 59.3 Å². The van der Waals surface area contributed by atoms with Crippen LogP contribution in [0.1, 0.15) is 30.4 Å². The maximum atomic E-state index is 13.0. The number of aromatic nitrogens is 2. The van der Waals surface area contributed by atoms with Crippen molar-refractivity contribution in [2.24, 2.45) is 13.0 Å². The average molecular weight is 364 g/mol. The SMILES string of the molecule is Cc1cccc(C#CC2Nc3c(c(=O)n(CC4CCC4)c(=O)n3C)N2C)c1. The Morgan fingerprint density at radius 2 is 2.00 bits per heavy atom. The molecule has 1 unspecified atom stereocenters. The summed E-state index contributed by atoms with van der Waals surface area (Å²) >= 11 is 0. The van der Waals surface area contributed by atoms with Crippen molar-refractivity contribution >= 4 is 11.5 Å². The van der Waals surface area contributed by atoms with E-state index in [0.717, 1.165) is 24.0 Å². The third-order valence-corrected chi connectivity index (χ3v) is 5.58. The van der Waals surface area contributed by atoms with Crippen molar-refractivity contribution in [2.45, 2.75) is 38.9 Å². The predicted molar refractivity (Wildman–Crippen MR) is 107 cm³/mol. The summed E-state index contributed by atoms with van der Waals surface area (Å²) in [6.07, 6.45) is 3.01. The highest BCUT2D eigenvalue weighted by molar-refractivity contribution is 5.73. The van der Waals surface area contributed by atoms with Gasteiger partial charge in [0.1, 0.15) is 11.5 Å². The van der Waals surface area contributed by atoms with Gasteiger partial charge in [0.05, 0.1) is 0 Å². The first kappa shape index (κ1) is 17.5. The van der Waals surface area contributed by atoms with E-state index in [2.05, 4.69) is 17.2 Å². The van der Waals surface area contributed by atoms with Crippen LogP contribution in [-0.4, -0.2) is 22.3 Å². The van der Waals surface area contributed by atoms with Gasteiger partial charge in [0.2, 0.25) is 0 Å². The molecular weight excluding hydrogens is 340 g/mol. The fourth-order valence-corrected chi connectivity index (χ4v) is 3.69. The van der Waals surface area contributed by atoms with E-state index >= 15 is 0 Å². The molecule has 4 rings (SSSR count). The molecule has 0 radical (unpaired) electrons. The lowest BCUT2D eigenvalue weighted by molar-refractivity contribution is 0.268. The maximum absolute atomic E-state index is 13.0. The predicted octanol–water partition coefficient (Wildman–Crippen LogP) is 1.90. The molecule has 1 fully saturated rings. The fraction of sp³-hybridized carbons (Fsp3) is 0.429. The zero-order chi connectivity index (χ0) is 19.1. The smallest absolute Gasteiger partial charge is 0.332 e. The zero-order valence-corrected chi connectivity index (χ0v) is 16.0. The number of hydrogen-bond donors (Lipinski definition) is 1. The summed E-state index contributed by atoms with van der Waals surface area (Å²) in [5, 5.41) is 3.23. The highest BCUT2D eigenvalue weighted by atomic mass is 16.2. The molecule has 1 atom stereocenters. The number of nitrogens with one attached hydrogen (secondary N) is 1. The normalized spacial score (nSPS) is 18.3. The molecule has 1 aliphatic carbocycles. The van der Waals surface area contributed by atoms with Gasteiger partial charge in [0.15, 0.2) is 6.17 Å². The van der Waals surface area contributed by atoms with Gasteiger partial charge in [0.25, 0.3) is 5.56 Å². The second-order valence-electron chi connectivity index (χ2n) is 7.55. The van der Waals surface area contributed by atoms with Crippen LogP contribution < -0.4 is 21.5 Å². The van der Waals surface area contributed by atoms with E-state index < -0.39 is 0 Å². The Morgan fingerprint density at radius 1 is 1.22 bits per heavy atom. The van der Waals surface area contributed by atoms with Crippen molar-refractivity contribution in [1.82, 2.24) is 9.13 Å². The van der Waals surface area contributed by atoms with Gasteiger partial charge in [-0.15, -0.1) is 0 Å². The van der Waals surface area contributed by atoms with Crippen LogP contribution in [-0.2, 0) is 13.6 Å². The average Bonchev–Trinajstić information content (AvgIpc) is 2.93. The van der Waals surface area contributed by atoms with E-state index in [1.807, 2.05) is 43.1 Å². The number of hydrogen-bond acceptors (Lipinski definition) is 4. The molecule has 0 bridgehead atoms. The summed E-state index contributed by atoms with van der Waals surface area (Å²) in [5.41, 5.74) is 2.10. The van der Waals surface area contributed by atoms with Crippen molar-refractivity contribution in [1.29, 1.82) is 0 Å². The molecule has 1 aromatic carbocycles. The summed E-state index contributed by atoms with van der Waals surface area (Å²) in [6, 6.07) is 7.99. The number of benzene rings is 1. The molecule has 0 spiro atoms. The van der Waals surface area contributed by atoms with E-state index in [0.29, 0.717) is 24.0 Å². The Bertz CT molecular complexity index is 1070. The van der Waals surface area contributed by atoms with Crippen molar-refractivity contribution < 1.29 is 0 Å². The monoisotopic (exact) mass is 364 g/mol. The van der Waals surface area contributed by atoms with Crippen molar-refractivity contribution in [3.8, 4) is 11.8 Å². The van der Waals surface area contributed by atoms with E-state index in [9.17, 15) is 9.59 Å². The van der Waals surface area contributed by atoms with Crippen LogP contribution in [0.3, 0.4) is 0 Å². The van der Waals surface area contributed by atoms with Gasteiger partial charge in [-0.3, -0.25) is 13.9 Å². The molecule has 6 heteroatoms. The Labute approximate surface area is 158 Å². The fourth-order valence-electron chi connectivity index (χ4n) is 3.69. The summed E-state index contributed by atoms with van der Waals surface area (Å²) in [6.45, 7) is 2.54. The van der Waals surface area contributed by atoms with Gasteiger partial charge in [-0.1, -0.05) is 30.4 Å². The number of anilines is 2. The third-order valence-electron chi connectivity index (χ3n) is 5.58. The third kappa shape index (κ3) is 3.03. The van der Waals surface area contributed by atoms with Crippen molar-refractivity contribution in [3.05, 3.63) is 56.2 Å². The van der Waals surface area contributed by atoms with Crippen LogP contribution in [0.4, 0.5) is 11.5 Å².